The number of anilines is 1. The molecule has 1 aliphatic rings. The van der Waals surface area contributed by atoms with E-state index in [1.807, 2.05) is 0 Å². The number of aryl methyl sites for hydroxylation is 1. The SMILES string of the molecule is Cc1ccc(C(=O)COC(=O)Cc2csc(N3CCCC3=O)n2)cc1[N+](=O)[O-]. The minimum Gasteiger partial charge on any atom is -0.457 e. The van der Waals surface area contributed by atoms with E-state index >= 15 is 0 Å². The smallest absolute Gasteiger partial charge is 0.312 e. The monoisotopic (exact) mass is 403 g/mol. The third-order valence-corrected chi connectivity index (χ3v) is 5.17. The van der Waals surface area contributed by atoms with Crippen molar-refractivity contribution < 1.29 is 24.0 Å². The summed E-state index contributed by atoms with van der Waals surface area (Å²) in [5.41, 5.74) is 0.842. The molecule has 0 spiro atoms. The fraction of sp³-hybridized carbons (Fsp3) is 0.333. The lowest BCUT2D eigenvalue weighted by Crippen LogP contribution is -2.23. The molecule has 1 aromatic heterocycles. The summed E-state index contributed by atoms with van der Waals surface area (Å²) in [7, 11) is 0. The van der Waals surface area contributed by atoms with Gasteiger partial charge < -0.3 is 4.74 Å². The van der Waals surface area contributed by atoms with E-state index in [1.165, 1.54) is 29.5 Å². The second-order valence-corrected chi connectivity index (χ2v) is 7.13. The van der Waals surface area contributed by atoms with E-state index in [2.05, 4.69) is 4.98 Å². The van der Waals surface area contributed by atoms with E-state index < -0.39 is 23.3 Å². The molecular weight excluding hydrogens is 386 g/mol. The Morgan fingerprint density at radius 1 is 1.39 bits per heavy atom. The van der Waals surface area contributed by atoms with Gasteiger partial charge in [0.25, 0.3) is 5.69 Å². The molecule has 1 saturated heterocycles. The summed E-state index contributed by atoms with van der Waals surface area (Å²) in [6, 6.07) is 4.10. The quantitative estimate of drug-likeness (QED) is 0.301. The molecule has 0 saturated carbocycles. The Morgan fingerprint density at radius 2 is 2.18 bits per heavy atom. The molecule has 0 N–H and O–H groups in total. The van der Waals surface area contributed by atoms with E-state index in [1.54, 1.807) is 17.2 Å². The molecule has 0 radical (unpaired) electrons. The van der Waals surface area contributed by atoms with Crippen LogP contribution in [-0.4, -0.2) is 40.7 Å². The zero-order valence-corrected chi connectivity index (χ0v) is 15.9. The molecule has 28 heavy (non-hydrogen) atoms. The van der Waals surface area contributed by atoms with Crippen LogP contribution >= 0.6 is 11.3 Å². The first kappa shape index (κ1) is 19.6. The summed E-state index contributed by atoms with van der Waals surface area (Å²) < 4.78 is 4.97. The minimum absolute atomic E-state index is 0.0151. The van der Waals surface area contributed by atoms with E-state index in [-0.39, 0.29) is 23.6 Å². The number of benzene rings is 1. The molecule has 0 bridgehead atoms. The van der Waals surface area contributed by atoms with Crippen LogP contribution in [0.2, 0.25) is 0 Å². The lowest BCUT2D eigenvalue weighted by atomic mass is 10.1. The Morgan fingerprint density at radius 3 is 2.86 bits per heavy atom. The second kappa shape index (κ2) is 8.26. The number of hydrogen-bond donors (Lipinski definition) is 0. The van der Waals surface area contributed by atoms with Crippen LogP contribution in [0.1, 0.15) is 34.5 Å². The van der Waals surface area contributed by atoms with Gasteiger partial charge in [-0.1, -0.05) is 12.1 Å². The lowest BCUT2D eigenvalue weighted by Gasteiger charge is -2.10. The Kier molecular flexibility index (Phi) is 5.78. The molecule has 1 fully saturated rings. The molecule has 1 aromatic carbocycles. The summed E-state index contributed by atoms with van der Waals surface area (Å²) >= 11 is 1.27. The van der Waals surface area contributed by atoms with E-state index in [0.29, 0.717) is 29.4 Å². The second-order valence-electron chi connectivity index (χ2n) is 6.29. The number of nitro groups is 1. The summed E-state index contributed by atoms with van der Waals surface area (Å²) in [6.45, 7) is 1.68. The van der Waals surface area contributed by atoms with Crippen molar-refractivity contribution in [1.29, 1.82) is 0 Å². The van der Waals surface area contributed by atoms with Crippen LogP contribution < -0.4 is 4.90 Å². The topological polar surface area (TPSA) is 120 Å². The highest BCUT2D eigenvalue weighted by atomic mass is 32.1. The predicted molar refractivity (Wildman–Crippen MR) is 101 cm³/mol. The van der Waals surface area contributed by atoms with Crippen molar-refractivity contribution in [3.05, 3.63) is 50.5 Å². The fourth-order valence-electron chi connectivity index (χ4n) is 2.76. The van der Waals surface area contributed by atoms with Gasteiger partial charge in [0.05, 0.1) is 17.0 Å². The summed E-state index contributed by atoms with van der Waals surface area (Å²) in [5.74, 6) is -1.15. The fourth-order valence-corrected chi connectivity index (χ4v) is 3.63. The zero-order chi connectivity index (χ0) is 20.3. The number of aromatic nitrogens is 1. The maximum Gasteiger partial charge on any atom is 0.312 e. The van der Waals surface area contributed by atoms with Gasteiger partial charge in [-0.05, 0) is 13.3 Å². The average Bonchev–Trinajstić information content (AvgIpc) is 3.28. The van der Waals surface area contributed by atoms with Crippen LogP contribution in [-0.2, 0) is 20.7 Å². The number of ether oxygens (including phenoxy) is 1. The number of ketones is 1. The van der Waals surface area contributed by atoms with Gasteiger partial charge in [0.1, 0.15) is 0 Å². The summed E-state index contributed by atoms with van der Waals surface area (Å²) in [5, 5.41) is 13.2. The number of Topliss-reactive ketones (excluding diaryl/α,β-unsaturated/α-hetero) is 1. The van der Waals surface area contributed by atoms with Crippen molar-refractivity contribution >= 4 is 39.8 Å². The van der Waals surface area contributed by atoms with Crippen molar-refractivity contribution in [2.45, 2.75) is 26.2 Å². The predicted octanol–water partition coefficient (Wildman–Crippen LogP) is 2.46. The molecule has 0 aliphatic carbocycles. The molecule has 146 valence electrons. The van der Waals surface area contributed by atoms with Gasteiger partial charge in [0.2, 0.25) is 11.7 Å². The summed E-state index contributed by atoms with van der Waals surface area (Å²) in [4.78, 5) is 52.1. The van der Waals surface area contributed by atoms with Gasteiger partial charge in [0, 0.05) is 35.5 Å². The maximum absolute atomic E-state index is 12.1. The van der Waals surface area contributed by atoms with Crippen molar-refractivity contribution in [2.75, 3.05) is 18.1 Å². The number of esters is 1. The van der Waals surface area contributed by atoms with Crippen molar-refractivity contribution in [3.8, 4) is 0 Å². The number of carbonyl (C=O) groups is 3. The molecule has 2 heterocycles. The Bertz CT molecular complexity index is 955. The van der Waals surface area contributed by atoms with Crippen LogP contribution in [0.15, 0.2) is 23.6 Å². The standard InChI is InChI=1S/C18H17N3O6S/c1-11-4-5-12(7-14(11)21(25)26)15(22)9-27-17(24)8-13-10-28-18(19-13)20-6-2-3-16(20)23/h4-5,7,10H,2-3,6,8-9H2,1H3. The van der Waals surface area contributed by atoms with Gasteiger partial charge in [-0.25, -0.2) is 4.98 Å². The van der Waals surface area contributed by atoms with Crippen LogP contribution in [0.5, 0.6) is 0 Å². The number of amides is 1. The van der Waals surface area contributed by atoms with E-state index in [4.69, 9.17) is 4.74 Å². The molecule has 9 nitrogen and oxygen atoms in total. The molecular formula is C18H17N3O6S. The van der Waals surface area contributed by atoms with Crippen LogP contribution in [0, 0.1) is 17.0 Å². The minimum atomic E-state index is -0.639. The molecule has 10 heteroatoms. The molecule has 2 aromatic rings. The van der Waals surface area contributed by atoms with Gasteiger partial charge in [-0.2, -0.15) is 0 Å². The Balaban J connectivity index is 1.55. The Labute approximate surface area is 164 Å². The first-order valence-corrected chi connectivity index (χ1v) is 9.41. The number of nitrogens with zero attached hydrogens (tertiary/aromatic N) is 3. The highest BCUT2D eigenvalue weighted by Gasteiger charge is 2.24. The van der Waals surface area contributed by atoms with Crippen molar-refractivity contribution in [3.63, 3.8) is 0 Å². The van der Waals surface area contributed by atoms with Crippen molar-refractivity contribution in [2.24, 2.45) is 0 Å². The van der Waals surface area contributed by atoms with Crippen molar-refractivity contribution in [1.82, 2.24) is 4.98 Å². The molecule has 0 unspecified atom stereocenters. The Hall–Kier alpha value is -3.14. The third-order valence-electron chi connectivity index (χ3n) is 4.26. The summed E-state index contributed by atoms with van der Waals surface area (Å²) in [6.07, 6.45) is 1.16. The zero-order valence-electron chi connectivity index (χ0n) is 15.0. The molecule has 1 amide bonds. The number of rotatable bonds is 7. The number of hydrogen-bond acceptors (Lipinski definition) is 8. The van der Waals surface area contributed by atoms with Gasteiger partial charge in [-0.3, -0.25) is 29.4 Å². The first-order chi connectivity index (χ1) is 13.3. The van der Waals surface area contributed by atoms with Gasteiger partial charge >= 0.3 is 5.97 Å². The first-order valence-electron chi connectivity index (χ1n) is 8.54. The highest BCUT2D eigenvalue weighted by Crippen LogP contribution is 2.25. The maximum atomic E-state index is 12.1. The molecule has 1 aliphatic heterocycles. The van der Waals surface area contributed by atoms with Gasteiger partial charge in [0.15, 0.2) is 11.7 Å². The molecule has 3 rings (SSSR count). The third kappa shape index (κ3) is 4.39. The molecule has 0 atom stereocenters. The lowest BCUT2D eigenvalue weighted by molar-refractivity contribution is -0.385. The van der Waals surface area contributed by atoms with E-state index in [9.17, 15) is 24.5 Å². The normalized spacial score (nSPS) is 13.6. The largest absolute Gasteiger partial charge is 0.457 e. The number of thiazole rings is 1. The van der Waals surface area contributed by atoms with E-state index in [0.717, 1.165) is 6.42 Å². The van der Waals surface area contributed by atoms with Crippen LogP contribution in [0.4, 0.5) is 10.8 Å². The van der Waals surface area contributed by atoms with Crippen LogP contribution in [0.3, 0.4) is 0 Å². The highest BCUT2D eigenvalue weighted by molar-refractivity contribution is 7.14. The number of nitro benzene ring substituents is 1. The van der Waals surface area contributed by atoms with Crippen LogP contribution in [0.25, 0.3) is 0 Å². The number of carbonyl (C=O) groups excluding carboxylic acids is 3. The van der Waals surface area contributed by atoms with Gasteiger partial charge in [-0.15, -0.1) is 11.3 Å². The average molecular weight is 403 g/mol.